The van der Waals surface area contributed by atoms with Gasteiger partial charge in [-0.05, 0) is 36.5 Å². The van der Waals surface area contributed by atoms with Crippen LogP contribution in [0.3, 0.4) is 0 Å². The van der Waals surface area contributed by atoms with Crippen LogP contribution in [0.2, 0.25) is 0 Å². The van der Waals surface area contributed by atoms with Gasteiger partial charge in [-0.2, -0.15) is 4.98 Å². The maximum atomic E-state index is 13.6. The summed E-state index contributed by atoms with van der Waals surface area (Å²) in [6, 6.07) is 5.05. The second-order valence-electron chi connectivity index (χ2n) is 6.76. The molecule has 0 bridgehead atoms. The smallest absolute Gasteiger partial charge is 0.329 e. The molecule has 2 aromatic rings. The number of rotatable bonds is 6. The molecule has 3 rings (SSSR count). The molecule has 8 nitrogen and oxygen atoms in total. The van der Waals surface area contributed by atoms with Gasteiger partial charge in [0.25, 0.3) is 0 Å². The van der Waals surface area contributed by atoms with E-state index >= 15 is 0 Å². The molecule has 0 spiro atoms. The van der Waals surface area contributed by atoms with Crippen molar-refractivity contribution < 1.29 is 22.1 Å². The second-order valence-corrected chi connectivity index (χ2v) is 8.90. The van der Waals surface area contributed by atoms with Crippen LogP contribution in [-0.2, 0) is 15.6 Å². The summed E-state index contributed by atoms with van der Waals surface area (Å²) in [6.45, 7) is 0. The first-order valence-corrected chi connectivity index (χ1v) is 10.7. The van der Waals surface area contributed by atoms with Crippen LogP contribution < -0.4 is 10.6 Å². The number of nitrogens with zero attached hydrogens (tertiary/aromatic N) is 2. The molecule has 146 valence electrons. The summed E-state index contributed by atoms with van der Waals surface area (Å²) in [7, 11) is -3.31. The molecule has 1 aromatic heterocycles. The highest BCUT2D eigenvalue weighted by molar-refractivity contribution is 7.89. The van der Waals surface area contributed by atoms with Crippen LogP contribution in [0.5, 0.6) is 0 Å². The zero-order chi connectivity index (χ0) is 19.4. The molecule has 27 heavy (non-hydrogen) atoms. The van der Waals surface area contributed by atoms with E-state index in [-0.39, 0.29) is 35.4 Å². The average Bonchev–Trinajstić information content (AvgIpc) is 3.23. The molecule has 2 amide bonds. The minimum Gasteiger partial charge on any atom is -0.331 e. The number of benzene rings is 1. The number of carbonyl (C=O) groups excluding carboxylic acids is 1. The Kier molecular flexibility index (Phi) is 5.73. The lowest BCUT2D eigenvalue weighted by molar-refractivity contribution is 0.241. The van der Waals surface area contributed by atoms with E-state index in [0.717, 1.165) is 31.9 Å². The highest BCUT2D eigenvalue weighted by atomic mass is 32.2. The van der Waals surface area contributed by atoms with E-state index < -0.39 is 15.9 Å². The number of carbonyl (C=O) groups is 1. The first-order chi connectivity index (χ1) is 12.8. The minimum atomic E-state index is -3.31. The van der Waals surface area contributed by atoms with Crippen molar-refractivity contribution in [3.63, 3.8) is 0 Å². The number of sulfone groups is 1. The van der Waals surface area contributed by atoms with Gasteiger partial charge in [-0.15, -0.1) is 0 Å². The van der Waals surface area contributed by atoms with Gasteiger partial charge in [-0.1, -0.05) is 30.1 Å². The Hall–Kier alpha value is -2.49. The van der Waals surface area contributed by atoms with Crippen LogP contribution >= 0.6 is 0 Å². The predicted octanol–water partition coefficient (Wildman–Crippen LogP) is 2.81. The Morgan fingerprint density at radius 1 is 1.37 bits per heavy atom. The van der Waals surface area contributed by atoms with E-state index in [9.17, 15) is 17.6 Å². The summed E-state index contributed by atoms with van der Waals surface area (Å²) < 4.78 is 41.0. The van der Waals surface area contributed by atoms with Gasteiger partial charge < -0.3 is 9.84 Å². The summed E-state index contributed by atoms with van der Waals surface area (Å²) in [4.78, 5) is 16.2. The highest BCUT2D eigenvalue weighted by Gasteiger charge is 2.28. The molecule has 0 aliphatic heterocycles. The number of aromatic nitrogens is 2. The fourth-order valence-corrected chi connectivity index (χ4v) is 3.92. The second kappa shape index (κ2) is 8.03. The van der Waals surface area contributed by atoms with Gasteiger partial charge in [0.05, 0.1) is 6.04 Å². The van der Waals surface area contributed by atoms with Crippen molar-refractivity contribution in [3.05, 3.63) is 41.5 Å². The number of anilines is 1. The molecule has 2 N–H and O–H groups in total. The van der Waals surface area contributed by atoms with Crippen LogP contribution in [0.4, 0.5) is 15.2 Å². The van der Waals surface area contributed by atoms with E-state index in [1.807, 2.05) is 0 Å². The number of halogens is 1. The number of nitrogens with one attached hydrogen (secondary N) is 2. The van der Waals surface area contributed by atoms with Crippen molar-refractivity contribution in [3.8, 4) is 0 Å². The average molecular weight is 396 g/mol. The molecule has 1 atom stereocenters. The third-order valence-electron chi connectivity index (χ3n) is 4.45. The number of amides is 2. The first kappa shape index (κ1) is 19.3. The summed E-state index contributed by atoms with van der Waals surface area (Å²) in [6.07, 6.45) is 5.08. The maximum Gasteiger partial charge on any atom is 0.329 e. The molecule has 1 fully saturated rings. The van der Waals surface area contributed by atoms with Crippen molar-refractivity contribution in [2.75, 3.05) is 11.6 Å². The van der Waals surface area contributed by atoms with E-state index in [1.54, 1.807) is 12.1 Å². The standard InChI is InChI=1S/C17H21FN4O4S/c1-27(24,25)10-14-19-17(26-22-14)21-16(23)20-15(11-5-2-3-6-11)12-7-4-8-13(18)9-12/h4,7-9,11,15H,2-3,5-6,10H2,1H3,(H2,19,20,21,22,23). The molecule has 1 aliphatic rings. The zero-order valence-corrected chi connectivity index (χ0v) is 15.6. The summed E-state index contributed by atoms with van der Waals surface area (Å²) in [5.41, 5.74) is 0.695. The first-order valence-electron chi connectivity index (χ1n) is 8.63. The van der Waals surface area contributed by atoms with Crippen molar-refractivity contribution in [2.24, 2.45) is 5.92 Å². The number of hydrogen-bond acceptors (Lipinski definition) is 6. The topological polar surface area (TPSA) is 114 Å². The number of urea groups is 1. The van der Waals surface area contributed by atoms with Gasteiger partial charge in [0.2, 0.25) is 0 Å². The largest absolute Gasteiger partial charge is 0.331 e. The number of hydrogen-bond donors (Lipinski definition) is 2. The molecule has 1 aliphatic carbocycles. The lowest BCUT2D eigenvalue weighted by Crippen LogP contribution is -2.36. The minimum absolute atomic E-state index is 0.0368. The van der Waals surface area contributed by atoms with Gasteiger partial charge in [0.15, 0.2) is 15.7 Å². The molecule has 0 radical (unpaired) electrons. The van der Waals surface area contributed by atoms with E-state index in [1.165, 1.54) is 12.1 Å². The normalized spacial score (nSPS) is 16.2. The highest BCUT2D eigenvalue weighted by Crippen LogP contribution is 2.36. The van der Waals surface area contributed by atoms with Crippen LogP contribution in [0.1, 0.15) is 43.1 Å². The third kappa shape index (κ3) is 5.49. The molecule has 1 aromatic carbocycles. The van der Waals surface area contributed by atoms with Crippen molar-refractivity contribution >= 4 is 21.9 Å². The van der Waals surface area contributed by atoms with Crippen LogP contribution in [0, 0.1) is 11.7 Å². The van der Waals surface area contributed by atoms with Gasteiger partial charge >= 0.3 is 12.0 Å². The molecule has 1 saturated carbocycles. The van der Waals surface area contributed by atoms with Crippen molar-refractivity contribution in [1.29, 1.82) is 0 Å². The Morgan fingerprint density at radius 2 is 2.11 bits per heavy atom. The Labute approximate surface area is 156 Å². The molecule has 1 heterocycles. The Morgan fingerprint density at radius 3 is 2.78 bits per heavy atom. The van der Waals surface area contributed by atoms with Gasteiger partial charge in [-0.25, -0.2) is 17.6 Å². The molecular formula is C17H21FN4O4S. The van der Waals surface area contributed by atoms with Gasteiger partial charge in [0.1, 0.15) is 11.6 Å². The lowest BCUT2D eigenvalue weighted by Gasteiger charge is -2.25. The third-order valence-corrected chi connectivity index (χ3v) is 5.23. The van der Waals surface area contributed by atoms with Crippen LogP contribution in [0.15, 0.2) is 28.8 Å². The summed E-state index contributed by atoms with van der Waals surface area (Å²) >= 11 is 0. The molecule has 10 heteroatoms. The monoisotopic (exact) mass is 396 g/mol. The summed E-state index contributed by atoms with van der Waals surface area (Å²) in [5, 5.41) is 8.78. The van der Waals surface area contributed by atoms with Crippen LogP contribution in [0.25, 0.3) is 0 Å². The molecular weight excluding hydrogens is 375 g/mol. The molecule has 1 unspecified atom stereocenters. The Bertz CT molecular complexity index is 909. The fraction of sp³-hybridized carbons (Fsp3) is 0.471. The zero-order valence-electron chi connectivity index (χ0n) is 14.8. The van der Waals surface area contributed by atoms with E-state index in [2.05, 4.69) is 20.8 Å². The van der Waals surface area contributed by atoms with Gasteiger partial charge in [0, 0.05) is 6.26 Å². The SMILES string of the molecule is CS(=O)(=O)Cc1noc(NC(=O)NC(c2cccc(F)c2)C2CCCC2)n1. The quantitative estimate of drug-likeness (QED) is 0.776. The Balaban J connectivity index is 1.69. The van der Waals surface area contributed by atoms with Crippen molar-refractivity contribution in [2.45, 2.75) is 37.5 Å². The van der Waals surface area contributed by atoms with Crippen molar-refractivity contribution in [1.82, 2.24) is 15.5 Å². The van der Waals surface area contributed by atoms with E-state index in [0.29, 0.717) is 5.56 Å². The predicted molar refractivity (Wildman–Crippen MR) is 96.1 cm³/mol. The molecule has 0 saturated heterocycles. The maximum absolute atomic E-state index is 13.6. The van der Waals surface area contributed by atoms with E-state index in [4.69, 9.17) is 4.52 Å². The summed E-state index contributed by atoms with van der Waals surface area (Å²) in [5.74, 6) is -0.570. The van der Waals surface area contributed by atoms with Crippen LogP contribution in [-0.4, -0.2) is 30.8 Å². The van der Waals surface area contributed by atoms with Gasteiger partial charge in [-0.3, -0.25) is 5.32 Å². The fourth-order valence-electron chi connectivity index (χ4n) is 3.34. The lowest BCUT2D eigenvalue weighted by atomic mass is 9.91.